The Labute approximate surface area is 227 Å². The molecule has 1 unspecified atom stereocenters. The fourth-order valence-corrected chi connectivity index (χ4v) is 5.82. The number of ether oxygens (including phenoxy) is 4. The van der Waals surface area contributed by atoms with E-state index in [2.05, 4.69) is 28.4 Å². The fourth-order valence-electron chi connectivity index (χ4n) is 5.82. The minimum absolute atomic E-state index is 0.0118. The van der Waals surface area contributed by atoms with E-state index >= 15 is 0 Å². The van der Waals surface area contributed by atoms with E-state index in [-0.39, 0.29) is 18.1 Å². The Morgan fingerprint density at radius 1 is 0.947 bits per heavy atom. The van der Waals surface area contributed by atoms with Gasteiger partial charge >= 0.3 is 0 Å². The molecule has 1 fully saturated rings. The summed E-state index contributed by atoms with van der Waals surface area (Å²) in [6.07, 6.45) is 7.93. The summed E-state index contributed by atoms with van der Waals surface area (Å²) < 4.78 is 22.8. The van der Waals surface area contributed by atoms with Crippen LogP contribution in [0.15, 0.2) is 30.3 Å². The van der Waals surface area contributed by atoms with Crippen LogP contribution in [0.2, 0.25) is 0 Å². The number of nitrogens with one attached hydrogen (secondary N) is 1. The lowest BCUT2D eigenvalue weighted by molar-refractivity contribution is -0.123. The molecule has 1 heterocycles. The minimum atomic E-state index is 0.0118. The number of carbonyl (C=O) groups excluding carboxylic acids is 1. The van der Waals surface area contributed by atoms with Gasteiger partial charge in [0.2, 0.25) is 5.91 Å². The Balaban J connectivity index is 1.60. The van der Waals surface area contributed by atoms with E-state index in [1.54, 1.807) is 21.3 Å². The summed E-state index contributed by atoms with van der Waals surface area (Å²) in [7, 11) is 4.98. The largest absolute Gasteiger partial charge is 0.493 e. The van der Waals surface area contributed by atoms with Crippen molar-refractivity contribution < 1.29 is 23.7 Å². The maximum Gasteiger partial charge on any atom is 0.234 e. The number of methoxy groups -OCH3 is 3. The third-order valence-electron chi connectivity index (χ3n) is 7.79. The second-order valence-corrected chi connectivity index (χ2v) is 10.8. The average molecular weight is 525 g/mol. The predicted octanol–water partition coefficient (Wildman–Crippen LogP) is 5.34. The first-order valence-electron chi connectivity index (χ1n) is 14.0. The monoisotopic (exact) mass is 524 g/mol. The highest BCUT2D eigenvalue weighted by Crippen LogP contribution is 2.40. The van der Waals surface area contributed by atoms with E-state index < -0.39 is 0 Å². The summed E-state index contributed by atoms with van der Waals surface area (Å²) in [5.41, 5.74) is 3.54. The van der Waals surface area contributed by atoms with E-state index in [0.29, 0.717) is 24.0 Å². The second-order valence-electron chi connectivity index (χ2n) is 10.8. The summed E-state index contributed by atoms with van der Waals surface area (Å²) in [5.74, 6) is 3.61. The molecular formula is C31H44N2O5. The van der Waals surface area contributed by atoms with Crippen molar-refractivity contribution in [3.05, 3.63) is 47.0 Å². The topological polar surface area (TPSA) is 69.3 Å². The highest BCUT2D eigenvalue weighted by Gasteiger charge is 2.31. The Bertz CT molecular complexity index is 1080. The molecule has 2 aromatic rings. The van der Waals surface area contributed by atoms with Crippen molar-refractivity contribution >= 4 is 5.91 Å². The molecule has 1 aliphatic heterocycles. The van der Waals surface area contributed by atoms with Crippen LogP contribution < -0.4 is 24.3 Å². The van der Waals surface area contributed by atoms with E-state index in [0.717, 1.165) is 43.0 Å². The Morgan fingerprint density at radius 3 is 2.34 bits per heavy atom. The number of nitrogens with zero attached hydrogens (tertiary/aromatic N) is 1. The molecule has 38 heavy (non-hydrogen) atoms. The molecule has 0 saturated heterocycles. The van der Waals surface area contributed by atoms with E-state index in [1.165, 1.54) is 43.2 Å². The van der Waals surface area contributed by atoms with Gasteiger partial charge in [0.1, 0.15) is 0 Å². The number of rotatable bonds is 11. The van der Waals surface area contributed by atoms with Gasteiger partial charge in [-0.2, -0.15) is 0 Å². The first-order chi connectivity index (χ1) is 18.4. The molecule has 0 spiro atoms. The van der Waals surface area contributed by atoms with Gasteiger partial charge in [0, 0.05) is 19.1 Å². The molecule has 2 aliphatic rings. The molecule has 1 atom stereocenters. The third kappa shape index (κ3) is 6.93. The van der Waals surface area contributed by atoms with Crippen LogP contribution in [0.1, 0.15) is 68.7 Å². The smallest absolute Gasteiger partial charge is 0.234 e. The normalized spacial score (nSPS) is 18.1. The molecule has 2 aromatic carbocycles. The van der Waals surface area contributed by atoms with Crippen molar-refractivity contribution in [1.29, 1.82) is 0 Å². The van der Waals surface area contributed by atoms with Gasteiger partial charge in [-0.1, -0.05) is 25.3 Å². The molecule has 1 amide bonds. The van der Waals surface area contributed by atoms with Crippen LogP contribution in [-0.2, 0) is 17.6 Å². The number of amides is 1. The van der Waals surface area contributed by atoms with Crippen molar-refractivity contribution in [3.8, 4) is 23.0 Å². The number of hydrogen-bond donors (Lipinski definition) is 1. The highest BCUT2D eigenvalue weighted by molar-refractivity contribution is 5.78. The van der Waals surface area contributed by atoms with Crippen LogP contribution in [0, 0.1) is 5.92 Å². The van der Waals surface area contributed by atoms with Crippen LogP contribution >= 0.6 is 0 Å². The molecule has 1 saturated carbocycles. The lowest BCUT2D eigenvalue weighted by Crippen LogP contribution is -2.44. The second kappa shape index (κ2) is 13.2. The zero-order chi connectivity index (χ0) is 27.1. The van der Waals surface area contributed by atoms with Crippen LogP contribution in [0.3, 0.4) is 0 Å². The summed E-state index contributed by atoms with van der Waals surface area (Å²) >= 11 is 0. The van der Waals surface area contributed by atoms with Crippen LogP contribution in [0.25, 0.3) is 0 Å². The summed E-state index contributed by atoms with van der Waals surface area (Å²) in [6, 6.07) is 10.3. The van der Waals surface area contributed by atoms with Gasteiger partial charge in [-0.05, 0) is 86.4 Å². The highest BCUT2D eigenvalue weighted by atomic mass is 16.5. The van der Waals surface area contributed by atoms with Gasteiger partial charge in [-0.15, -0.1) is 0 Å². The van der Waals surface area contributed by atoms with Crippen molar-refractivity contribution in [2.75, 3.05) is 41.0 Å². The maximum atomic E-state index is 13.1. The van der Waals surface area contributed by atoms with Crippen LogP contribution in [0.4, 0.5) is 0 Å². The quantitative estimate of drug-likeness (QED) is 0.428. The summed E-state index contributed by atoms with van der Waals surface area (Å²) in [4.78, 5) is 15.4. The molecule has 1 N–H and O–H groups in total. The Morgan fingerprint density at radius 2 is 1.66 bits per heavy atom. The van der Waals surface area contributed by atoms with E-state index in [9.17, 15) is 4.79 Å². The molecular weight excluding hydrogens is 480 g/mol. The maximum absolute atomic E-state index is 13.1. The van der Waals surface area contributed by atoms with E-state index in [4.69, 9.17) is 18.9 Å². The van der Waals surface area contributed by atoms with Crippen molar-refractivity contribution in [3.63, 3.8) is 0 Å². The van der Waals surface area contributed by atoms with Crippen molar-refractivity contribution in [2.45, 2.75) is 70.9 Å². The average Bonchev–Trinajstić information content (AvgIpc) is 2.93. The van der Waals surface area contributed by atoms with E-state index in [1.807, 2.05) is 26.0 Å². The number of carbonyl (C=O) groups is 1. The van der Waals surface area contributed by atoms with Crippen molar-refractivity contribution in [2.24, 2.45) is 5.92 Å². The standard InChI is InChI=1S/C31H44N2O5/c1-21(2)38-30-18-25-24(17-29(30)37-5)13-14-33(20-31(34)32-19-22-9-7-6-8-10-22)26(25)15-23-11-12-27(35-3)28(16-23)36-4/h11-12,16-18,21-22,26H,6-10,13-15,19-20H2,1-5H3,(H,32,34). The van der Waals surface area contributed by atoms with Crippen molar-refractivity contribution in [1.82, 2.24) is 10.2 Å². The molecule has 0 bridgehead atoms. The molecule has 7 heteroatoms. The molecule has 7 nitrogen and oxygen atoms in total. The molecule has 4 rings (SSSR count). The predicted molar refractivity (Wildman–Crippen MR) is 150 cm³/mol. The SMILES string of the molecule is COc1ccc(CC2c3cc(OC(C)C)c(OC)cc3CCN2CC(=O)NCC2CCCCC2)cc1OC. The first-order valence-corrected chi connectivity index (χ1v) is 14.0. The third-order valence-corrected chi connectivity index (χ3v) is 7.79. The zero-order valence-electron chi connectivity index (χ0n) is 23.7. The van der Waals surface area contributed by atoms with Crippen LogP contribution in [-0.4, -0.2) is 57.9 Å². The van der Waals surface area contributed by atoms with Gasteiger partial charge in [-0.3, -0.25) is 9.69 Å². The molecule has 1 aliphatic carbocycles. The number of benzene rings is 2. The Kier molecular flexibility index (Phi) is 9.78. The molecule has 0 radical (unpaired) electrons. The number of hydrogen-bond acceptors (Lipinski definition) is 6. The first kappa shape index (κ1) is 28.1. The van der Waals surface area contributed by atoms with Gasteiger partial charge in [0.05, 0.1) is 34.0 Å². The zero-order valence-corrected chi connectivity index (χ0v) is 23.7. The van der Waals surface area contributed by atoms with Gasteiger partial charge in [0.25, 0.3) is 0 Å². The number of fused-ring (bicyclic) bond motifs is 1. The van der Waals surface area contributed by atoms with Gasteiger partial charge in [0.15, 0.2) is 23.0 Å². The lowest BCUT2D eigenvalue weighted by atomic mass is 9.88. The molecule has 208 valence electrons. The van der Waals surface area contributed by atoms with Crippen LogP contribution in [0.5, 0.6) is 23.0 Å². The minimum Gasteiger partial charge on any atom is -0.493 e. The summed E-state index contributed by atoms with van der Waals surface area (Å²) in [5, 5.41) is 3.24. The van der Waals surface area contributed by atoms with Gasteiger partial charge < -0.3 is 24.3 Å². The summed E-state index contributed by atoms with van der Waals surface area (Å²) in [6.45, 7) is 5.99. The lowest BCUT2D eigenvalue weighted by Gasteiger charge is -2.38. The Hall–Kier alpha value is -2.93. The molecule has 0 aromatic heterocycles. The van der Waals surface area contributed by atoms with Gasteiger partial charge in [-0.25, -0.2) is 0 Å². The fraction of sp³-hybridized carbons (Fsp3) is 0.581.